The number of methoxy groups -OCH3 is 2. The van der Waals surface area contributed by atoms with Crippen molar-refractivity contribution in [3.8, 4) is 17.2 Å². The minimum Gasteiger partial charge on any atom is -0.502 e. The van der Waals surface area contributed by atoms with Gasteiger partial charge in [0.1, 0.15) is 0 Å². The van der Waals surface area contributed by atoms with E-state index in [-0.39, 0.29) is 17.2 Å². The maximum Gasteiger partial charge on any atom is 0.200 e. The quantitative estimate of drug-likeness (QED) is 0.434. The first-order chi connectivity index (χ1) is 6.72. The van der Waals surface area contributed by atoms with E-state index in [2.05, 4.69) is 5.16 Å². The molecular formula is C9H11NO4. The number of benzene rings is 1. The summed E-state index contributed by atoms with van der Waals surface area (Å²) in [6.07, 6.45) is 1.21. The summed E-state index contributed by atoms with van der Waals surface area (Å²) in [5, 5.41) is 20.7. The second-order valence-corrected chi connectivity index (χ2v) is 2.52. The second-order valence-electron chi connectivity index (χ2n) is 2.52. The van der Waals surface area contributed by atoms with Crippen molar-refractivity contribution in [3.05, 3.63) is 17.7 Å². The standard InChI is InChI=1S/C9H11NO4/c1-13-7-3-6(5-10-12)4-8(14-2)9(7)11/h3-5,11-12H,1-2H3/b10-5-. The van der Waals surface area contributed by atoms with Crippen LogP contribution in [0.25, 0.3) is 0 Å². The van der Waals surface area contributed by atoms with Crippen molar-refractivity contribution in [1.82, 2.24) is 0 Å². The SMILES string of the molecule is COc1cc(/C=N\O)cc(OC)c1O. The molecule has 5 nitrogen and oxygen atoms in total. The van der Waals surface area contributed by atoms with Gasteiger partial charge >= 0.3 is 0 Å². The Bertz CT molecular complexity index is 324. The molecule has 0 aliphatic carbocycles. The van der Waals surface area contributed by atoms with E-state index in [1.807, 2.05) is 0 Å². The summed E-state index contributed by atoms with van der Waals surface area (Å²) < 4.78 is 9.80. The van der Waals surface area contributed by atoms with E-state index in [1.54, 1.807) is 0 Å². The molecule has 0 atom stereocenters. The van der Waals surface area contributed by atoms with E-state index in [4.69, 9.17) is 14.7 Å². The summed E-state index contributed by atoms with van der Waals surface area (Å²) in [7, 11) is 2.85. The van der Waals surface area contributed by atoms with Crippen LogP contribution in [-0.2, 0) is 0 Å². The Hall–Kier alpha value is -1.91. The number of oxime groups is 1. The second kappa shape index (κ2) is 4.36. The van der Waals surface area contributed by atoms with E-state index in [1.165, 1.54) is 32.6 Å². The van der Waals surface area contributed by atoms with Crippen LogP contribution in [0.15, 0.2) is 17.3 Å². The molecule has 0 amide bonds. The Labute approximate surface area is 81.2 Å². The molecule has 2 N–H and O–H groups in total. The summed E-state index contributed by atoms with van der Waals surface area (Å²) in [6.45, 7) is 0. The number of rotatable bonds is 3. The third-order valence-electron chi connectivity index (χ3n) is 1.71. The van der Waals surface area contributed by atoms with E-state index in [0.29, 0.717) is 5.56 Å². The lowest BCUT2D eigenvalue weighted by atomic mass is 10.2. The molecule has 0 bridgehead atoms. The molecule has 0 aliphatic heterocycles. The van der Waals surface area contributed by atoms with Crippen molar-refractivity contribution in [3.63, 3.8) is 0 Å². The van der Waals surface area contributed by atoms with Crippen molar-refractivity contribution in [1.29, 1.82) is 0 Å². The highest BCUT2D eigenvalue weighted by molar-refractivity contribution is 5.81. The third-order valence-corrected chi connectivity index (χ3v) is 1.71. The molecule has 1 aromatic rings. The molecule has 1 aromatic carbocycles. The molecule has 0 fully saturated rings. The molecule has 0 aliphatic rings. The number of phenols is 1. The Kier molecular flexibility index (Phi) is 3.17. The molecule has 0 saturated heterocycles. The maximum atomic E-state index is 9.52. The number of aromatic hydroxyl groups is 1. The van der Waals surface area contributed by atoms with Crippen LogP contribution >= 0.6 is 0 Å². The van der Waals surface area contributed by atoms with Crippen LogP contribution in [0.4, 0.5) is 0 Å². The predicted octanol–water partition coefficient (Wildman–Crippen LogP) is 1.22. The zero-order chi connectivity index (χ0) is 10.6. The van der Waals surface area contributed by atoms with E-state index >= 15 is 0 Å². The fourth-order valence-electron chi connectivity index (χ4n) is 1.05. The number of nitrogens with zero attached hydrogens (tertiary/aromatic N) is 1. The monoisotopic (exact) mass is 197 g/mol. The molecule has 0 aromatic heterocycles. The summed E-state index contributed by atoms with van der Waals surface area (Å²) in [4.78, 5) is 0. The van der Waals surface area contributed by atoms with Crippen LogP contribution in [0, 0.1) is 0 Å². The fraction of sp³-hybridized carbons (Fsp3) is 0.222. The lowest BCUT2D eigenvalue weighted by Gasteiger charge is -2.08. The Morgan fingerprint density at radius 3 is 2.07 bits per heavy atom. The van der Waals surface area contributed by atoms with Crippen molar-refractivity contribution >= 4 is 6.21 Å². The van der Waals surface area contributed by atoms with Gasteiger partial charge in [-0.15, -0.1) is 0 Å². The van der Waals surface area contributed by atoms with Gasteiger partial charge in [-0.2, -0.15) is 0 Å². The minimum atomic E-state index is -0.0786. The first-order valence-corrected chi connectivity index (χ1v) is 3.85. The highest BCUT2D eigenvalue weighted by Crippen LogP contribution is 2.36. The van der Waals surface area contributed by atoms with Crippen molar-refractivity contribution in [2.75, 3.05) is 14.2 Å². The molecule has 0 heterocycles. The number of phenolic OH excluding ortho intramolecular Hbond substituents is 1. The molecule has 0 radical (unpaired) electrons. The third kappa shape index (κ3) is 1.87. The minimum absolute atomic E-state index is 0.0786. The van der Waals surface area contributed by atoms with Gasteiger partial charge in [0.25, 0.3) is 0 Å². The molecule has 5 heteroatoms. The number of hydrogen-bond acceptors (Lipinski definition) is 5. The lowest BCUT2D eigenvalue weighted by Crippen LogP contribution is -1.92. The summed E-state index contributed by atoms with van der Waals surface area (Å²) in [5.74, 6) is 0.448. The normalized spacial score (nSPS) is 10.4. The topological polar surface area (TPSA) is 71.3 Å². The van der Waals surface area contributed by atoms with Crippen LogP contribution in [0.3, 0.4) is 0 Å². The first-order valence-electron chi connectivity index (χ1n) is 3.85. The van der Waals surface area contributed by atoms with Gasteiger partial charge in [0, 0.05) is 5.56 Å². The van der Waals surface area contributed by atoms with Gasteiger partial charge in [-0.3, -0.25) is 0 Å². The van der Waals surface area contributed by atoms with Crippen LogP contribution in [-0.4, -0.2) is 30.7 Å². The molecule has 0 saturated carbocycles. The van der Waals surface area contributed by atoms with Gasteiger partial charge in [-0.1, -0.05) is 5.16 Å². The Morgan fingerprint density at radius 1 is 1.21 bits per heavy atom. The van der Waals surface area contributed by atoms with E-state index in [0.717, 1.165) is 0 Å². The van der Waals surface area contributed by atoms with Crippen molar-refractivity contribution in [2.24, 2.45) is 5.16 Å². The molecule has 0 spiro atoms. The van der Waals surface area contributed by atoms with Gasteiger partial charge < -0.3 is 19.8 Å². The fourth-order valence-corrected chi connectivity index (χ4v) is 1.05. The predicted molar refractivity (Wildman–Crippen MR) is 50.6 cm³/mol. The Balaban J connectivity index is 3.24. The van der Waals surface area contributed by atoms with Crippen LogP contribution < -0.4 is 9.47 Å². The average molecular weight is 197 g/mol. The van der Waals surface area contributed by atoms with Crippen LogP contribution in [0.2, 0.25) is 0 Å². The molecular weight excluding hydrogens is 186 g/mol. The highest BCUT2D eigenvalue weighted by atomic mass is 16.5. The molecule has 76 valence electrons. The van der Waals surface area contributed by atoms with E-state index in [9.17, 15) is 5.11 Å². The summed E-state index contributed by atoms with van der Waals surface area (Å²) in [6, 6.07) is 3.05. The van der Waals surface area contributed by atoms with Gasteiger partial charge in [-0.05, 0) is 12.1 Å². The maximum absolute atomic E-state index is 9.52. The van der Waals surface area contributed by atoms with Crippen molar-refractivity contribution < 1.29 is 19.8 Å². The number of ether oxygens (including phenoxy) is 2. The molecule has 0 unspecified atom stereocenters. The number of hydrogen-bond donors (Lipinski definition) is 2. The van der Waals surface area contributed by atoms with Crippen LogP contribution in [0.5, 0.6) is 17.2 Å². The largest absolute Gasteiger partial charge is 0.502 e. The average Bonchev–Trinajstić information content (AvgIpc) is 2.20. The smallest absolute Gasteiger partial charge is 0.200 e. The first kappa shape index (κ1) is 10.2. The summed E-state index contributed by atoms with van der Waals surface area (Å²) in [5.41, 5.74) is 0.569. The molecule has 14 heavy (non-hydrogen) atoms. The van der Waals surface area contributed by atoms with Crippen LogP contribution in [0.1, 0.15) is 5.56 Å². The van der Waals surface area contributed by atoms with Gasteiger partial charge in [0.15, 0.2) is 11.5 Å². The van der Waals surface area contributed by atoms with Gasteiger partial charge in [0.2, 0.25) is 5.75 Å². The zero-order valence-corrected chi connectivity index (χ0v) is 7.89. The Morgan fingerprint density at radius 2 is 1.71 bits per heavy atom. The molecule has 1 rings (SSSR count). The summed E-state index contributed by atoms with van der Waals surface area (Å²) >= 11 is 0. The van der Waals surface area contributed by atoms with E-state index < -0.39 is 0 Å². The van der Waals surface area contributed by atoms with Gasteiger partial charge in [-0.25, -0.2) is 0 Å². The van der Waals surface area contributed by atoms with Crippen molar-refractivity contribution in [2.45, 2.75) is 0 Å². The lowest BCUT2D eigenvalue weighted by molar-refractivity contribution is 0.321. The highest BCUT2D eigenvalue weighted by Gasteiger charge is 2.09. The van der Waals surface area contributed by atoms with Gasteiger partial charge in [0.05, 0.1) is 20.4 Å². The zero-order valence-electron chi connectivity index (χ0n) is 7.89.